The van der Waals surface area contributed by atoms with Crippen LogP contribution in [-0.4, -0.2) is 31.2 Å². The number of nitrogens with zero attached hydrogens (tertiary/aromatic N) is 2. The number of hydrogen-bond acceptors (Lipinski definition) is 5. The number of hydrogen-bond donors (Lipinski definition) is 1. The highest BCUT2D eigenvalue weighted by molar-refractivity contribution is 7.90. The Bertz CT molecular complexity index is 626. The molecule has 0 saturated heterocycles. The molecule has 6 heteroatoms. The summed E-state index contributed by atoms with van der Waals surface area (Å²) in [6.45, 7) is 9.07. The van der Waals surface area contributed by atoms with Crippen molar-refractivity contribution in [2.24, 2.45) is 5.41 Å². The molecule has 0 bridgehead atoms. The maximum Gasteiger partial charge on any atom is 0.157 e. The van der Waals surface area contributed by atoms with Gasteiger partial charge in [0.1, 0.15) is 11.1 Å². The molecule has 1 N–H and O–H groups in total. The zero-order chi connectivity index (χ0) is 15.8. The van der Waals surface area contributed by atoms with Crippen molar-refractivity contribution in [2.75, 3.05) is 12.8 Å². The van der Waals surface area contributed by atoms with Crippen molar-refractivity contribution >= 4 is 9.84 Å². The van der Waals surface area contributed by atoms with E-state index in [0.717, 1.165) is 30.6 Å². The quantitative estimate of drug-likeness (QED) is 0.923. The highest BCUT2D eigenvalue weighted by Crippen LogP contribution is 2.40. The summed E-state index contributed by atoms with van der Waals surface area (Å²) in [6.07, 6.45) is 4.93. The van der Waals surface area contributed by atoms with E-state index in [1.165, 1.54) is 6.26 Å². The van der Waals surface area contributed by atoms with Gasteiger partial charge >= 0.3 is 0 Å². The lowest BCUT2D eigenvalue weighted by Gasteiger charge is -2.36. The minimum atomic E-state index is -3.18. The van der Waals surface area contributed by atoms with E-state index in [0.29, 0.717) is 5.82 Å². The van der Waals surface area contributed by atoms with Crippen molar-refractivity contribution in [3.8, 4) is 0 Å². The highest BCUT2D eigenvalue weighted by Gasteiger charge is 2.34. The Morgan fingerprint density at radius 3 is 2.71 bits per heavy atom. The van der Waals surface area contributed by atoms with Gasteiger partial charge in [-0.2, -0.15) is 0 Å². The summed E-state index contributed by atoms with van der Waals surface area (Å²) in [5.74, 6) is 0.407. The summed E-state index contributed by atoms with van der Waals surface area (Å²) in [5.41, 5.74) is 2.25. The first kappa shape index (κ1) is 16.4. The Balaban J connectivity index is 2.43. The fourth-order valence-electron chi connectivity index (χ4n) is 2.88. The molecule has 0 saturated carbocycles. The van der Waals surface area contributed by atoms with Crippen LogP contribution in [0.1, 0.15) is 62.5 Å². The van der Waals surface area contributed by atoms with E-state index in [1.54, 1.807) is 6.92 Å². The van der Waals surface area contributed by atoms with Crippen LogP contribution in [0.5, 0.6) is 0 Å². The second-order valence-corrected chi connectivity index (χ2v) is 9.12. The molecule has 2 atom stereocenters. The second-order valence-electron chi connectivity index (χ2n) is 6.76. The summed E-state index contributed by atoms with van der Waals surface area (Å²) < 4.78 is 23.4. The molecule has 0 radical (unpaired) electrons. The fraction of sp³-hybridized carbons (Fsp3) is 0.733. The minimum absolute atomic E-state index is 0.153. The first-order chi connectivity index (χ1) is 9.64. The molecule has 0 aliphatic heterocycles. The number of sulfone groups is 1. The standard InChI is InChI=1S/C15H25N3O2S/c1-6-16-12-7-15(3,4)8-13-11(12)9-17-14(18-13)10(2)21(5,19)20/h9-10,12,16H,6-8H2,1-5H3. The maximum absolute atomic E-state index is 11.7. The average Bonchev–Trinajstić information content (AvgIpc) is 2.35. The third kappa shape index (κ3) is 3.61. The van der Waals surface area contributed by atoms with Gasteiger partial charge in [0.05, 0.1) is 0 Å². The molecule has 1 aliphatic rings. The summed E-state index contributed by atoms with van der Waals surface area (Å²) in [7, 11) is -3.18. The summed E-state index contributed by atoms with van der Waals surface area (Å²) in [6, 6.07) is 0.247. The monoisotopic (exact) mass is 311 g/mol. The lowest BCUT2D eigenvalue weighted by Crippen LogP contribution is -2.34. The average molecular weight is 311 g/mol. The SMILES string of the molecule is CCNC1CC(C)(C)Cc2nc(C(C)S(C)(=O)=O)ncc21. The summed E-state index contributed by atoms with van der Waals surface area (Å²) in [5, 5.41) is 2.82. The first-order valence-electron chi connectivity index (χ1n) is 7.42. The van der Waals surface area contributed by atoms with E-state index >= 15 is 0 Å². The van der Waals surface area contributed by atoms with Crippen LogP contribution in [0.25, 0.3) is 0 Å². The Kier molecular flexibility index (Phi) is 4.40. The van der Waals surface area contributed by atoms with E-state index in [9.17, 15) is 8.42 Å². The van der Waals surface area contributed by atoms with Crippen LogP contribution in [-0.2, 0) is 16.3 Å². The molecule has 2 unspecified atom stereocenters. The molecular weight excluding hydrogens is 286 g/mol. The molecule has 2 rings (SSSR count). The van der Waals surface area contributed by atoms with Crippen molar-refractivity contribution in [3.63, 3.8) is 0 Å². The zero-order valence-electron chi connectivity index (χ0n) is 13.5. The van der Waals surface area contributed by atoms with Gasteiger partial charge in [0, 0.05) is 29.8 Å². The Labute approximate surface area is 127 Å². The van der Waals surface area contributed by atoms with Crippen molar-refractivity contribution in [3.05, 3.63) is 23.3 Å². The Hall–Kier alpha value is -1.01. The molecule has 1 heterocycles. The van der Waals surface area contributed by atoms with Crippen LogP contribution in [0.15, 0.2) is 6.20 Å². The van der Waals surface area contributed by atoms with Crippen LogP contribution in [0.2, 0.25) is 0 Å². The van der Waals surface area contributed by atoms with E-state index in [1.807, 2.05) is 6.20 Å². The van der Waals surface area contributed by atoms with Crippen LogP contribution >= 0.6 is 0 Å². The minimum Gasteiger partial charge on any atom is -0.310 e. The van der Waals surface area contributed by atoms with Crippen molar-refractivity contribution in [1.82, 2.24) is 15.3 Å². The molecule has 1 aromatic rings. The molecule has 0 spiro atoms. The second kappa shape index (κ2) is 5.65. The molecule has 1 aromatic heterocycles. The van der Waals surface area contributed by atoms with Crippen molar-refractivity contribution in [1.29, 1.82) is 0 Å². The Morgan fingerprint density at radius 1 is 1.48 bits per heavy atom. The highest BCUT2D eigenvalue weighted by atomic mass is 32.2. The molecule has 1 aliphatic carbocycles. The number of rotatable bonds is 4. The van der Waals surface area contributed by atoms with Crippen LogP contribution in [0.3, 0.4) is 0 Å². The van der Waals surface area contributed by atoms with Gasteiger partial charge in [-0.3, -0.25) is 0 Å². The molecule has 0 amide bonds. The van der Waals surface area contributed by atoms with Crippen molar-refractivity contribution < 1.29 is 8.42 Å². The molecule has 5 nitrogen and oxygen atoms in total. The molecule has 0 fully saturated rings. The van der Waals surface area contributed by atoms with Crippen LogP contribution in [0.4, 0.5) is 0 Å². The largest absolute Gasteiger partial charge is 0.310 e. The first-order valence-corrected chi connectivity index (χ1v) is 9.37. The van der Waals surface area contributed by atoms with Gasteiger partial charge < -0.3 is 5.32 Å². The van der Waals surface area contributed by atoms with Gasteiger partial charge in [-0.15, -0.1) is 0 Å². The van der Waals surface area contributed by atoms with E-state index in [-0.39, 0.29) is 11.5 Å². The molecule has 0 aromatic carbocycles. The smallest absolute Gasteiger partial charge is 0.157 e. The molecular formula is C15H25N3O2S. The third-order valence-electron chi connectivity index (χ3n) is 4.15. The number of nitrogens with one attached hydrogen (secondary N) is 1. The van der Waals surface area contributed by atoms with Gasteiger partial charge in [-0.25, -0.2) is 18.4 Å². The normalized spacial score (nSPS) is 22.6. The fourth-order valence-corrected chi connectivity index (χ4v) is 3.37. The van der Waals surface area contributed by atoms with E-state index < -0.39 is 15.1 Å². The summed E-state index contributed by atoms with van der Waals surface area (Å²) >= 11 is 0. The van der Waals surface area contributed by atoms with Gasteiger partial charge in [-0.05, 0) is 31.7 Å². The van der Waals surface area contributed by atoms with Gasteiger partial charge in [-0.1, -0.05) is 20.8 Å². The third-order valence-corrected chi connectivity index (χ3v) is 5.65. The lowest BCUT2D eigenvalue weighted by atomic mass is 9.74. The van der Waals surface area contributed by atoms with E-state index in [2.05, 4.69) is 36.1 Å². The lowest BCUT2D eigenvalue weighted by molar-refractivity contribution is 0.255. The zero-order valence-corrected chi connectivity index (χ0v) is 14.3. The van der Waals surface area contributed by atoms with Crippen molar-refractivity contribution in [2.45, 2.75) is 51.8 Å². The van der Waals surface area contributed by atoms with Crippen LogP contribution < -0.4 is 5.32 Å². The van der Waals surface area contributed by atoms with Gasteiger partial charge in [0.25, 0.3) is 0 Å². The topological polar surface area (TPSA) is 72.0 Å². The van der Waals surface area contributed by atoms with Crippen LogP contribution in [0, 0.1) is 5.41 Å². The predicted octanol–water partition coefficient (Wildman–Crippen LogP) is 2.21. The van der Waals surface area contributed by atoms with Gasteiger partial charge in [0.2, 0.25) is 0 Å². The van der Waals surface area contributed by atoms with E-state index in [4.69, 9.17) is 0 Å². The molecule has 118 valence electrons. The summed E-state index contributed by atoms with van der Waals surface area (Å²) in [4.78, 5) is 8.89. The molecule has 21 heavy (non-hydrogen) atoms. The number of aromatic nitrogens is 2. The van der Waals surface area contributed by atoms with Gasteiger partial charge in [0.15, 0.2) is 9.84 Å². The number of fused-ring (bicyclic) bond motifs is 1. The maximum atomic E-state index is 11.7. The predicted molar refractivity (Wildman–Crippen MR) is 83.8 cm³/mol. The Morgan fingerprint density at radius 2 is 2.14 bits per heavy atom.